The molecule has 0 saturated carbocycles. The average molecular weight is 341 g/mol. The van der Waals surface area contributed by atoms with Crippen molar-refractivity contribution in [1.82, 2.24) is 14.1 Å². The normalized spacial score (nSPS) is 12.7. The second kappa shape index (κ2) is 6.82. The van der Waals surface area contributed by atoms with Crippen LogP contribution < -0.4 is 5.56 Å². The number of aliphatic hydroxyl groups is 1. The molecule has 0 radical (unpaired) electrons. The predicted molar refractivity (Wildman–Crippen MR) is 97.7 cm³/mol. The minimum absolute atomic E-state index is 0.0149. The monoisotopic (exact) mass is 341 g/mol. The first-order valence-corrected chi connectivity index (χ1v) is 8.24. The van der Waals surface area contributed by atoms with Crippen molar-refractivity contribution in [2.75, 3.05) is 13.7 Å². The van der Waals surface area contributed by atoms with Gasteiger partial charge in [-0.15, -0.1) is 0 Å². The van der Waals surface area contributed by atoms with Crippen LogP contribution in [-0.4, -0.2) is 32.9 Å². The molecule has 6 heteroatoms. The van der Waals surface area contributed by atoms with E-state index in [1.807, 2.05) is 24.3 Å². The molecule has 3 rings (SSSR count). The molecule has 0 aliphatic carbocycles. The van der Waals surface area contributed by atoms with Crippen LogP contribution in [-0.2, 0) is 18.4 Å². The first-order valence-electron chi connectivity index (χ1n) is 8.24. The van der Waals surface area contributed by atoms with Crippen molar-refractivity contribution in [3.63, 3.8) is 0 Å². The highest BCUT2D eigenvalue weighted by atomic mass is 16.5. The zero-order chi connectivity index (χ0) is 18.1. The first kappa shape index (κ1) is 17.4. The van der Waals surface area contributed by atoms with Crippen molar-refractivity contribution in [3.8, 4) is 11.4 Å². The number of fused-ring (bicyclic) bond motifs is 1. The lowest BCUT2D eigenvalue weighted by atomic mass is 10.2. The van der Waals surface area contributed by atoms with Crippen LogP contribution in [0.25, 0.3) is 22.4 Å². The number of methoxy groups -OCH3 is 1. The lowest BCUT2D eigenvalue weighted by molar-refractivity contribution is 0.164. The maximum absolute atomic E-state index is 12.0. The Hall–Kier alpha value is -2.44. The second-order valence-corrected chi connectivity index (χ2v) is 6.42. The van der Waals surface area contributed by atoms with E-state index in [-0.39, 0.29) is 18.2 Å². The van der Waals surface area contributed by atoms with Gasteiger partial charge in [0.2, 0.25) is 0 Å². The van der Waals surface area contributed by atoms with E-state index in [1.165, 1.54) is 0 Å². The number of hydrogen-bond donors (Lipinski definition) is 1. The van der Waals surface area contributed by atoms with Crippen LogP contribution in [0.2, 0.25) is 0 Å². The van der Waals surface area contributed by atoms with Crippen molar-refractivity contribution in [2.24, 2.45) is 7.05 Å². The van der Waals surface area contributed by atoms with Crippen LogP contribution in [0.3, 0.4) is 0 Å². The Morgan fingerprint density at radius 3 is 2.72 bits per heavy atom. The number of hydrogen-bond acceptors (Lipinski definition) is 4. The standard InChI is InChI=1S/C19H23N3O3/c1-12-7-15(9-21(3)19(12)24)18-20-16-6-5-14(10-23)8-17(16)22(18)13(2)11-25-4/h5-9,13,23H,10-11H2,1-4H3. The Kier molecular flexibility index (Phi) is 4.74. The highest BCUT2D eigenvalue weighted by molar-refractivity contribution is 5.81. The SMILES string of the molecule is COCC(C)n1c(-c2cc(C)c(=O)n(C)c2)nc2ccc(CO)cc21. The summed E-state index contributed by atoms with van der Waals surface area (Å²) in [5.41, 5.74) is 4.16. The molecule has 1 N–H and O–H groups in total. The number of aromatic nitrogens is 3. The summed E-state index contributed by atoms with van der Waals surface area (Å²) in [7, 11) is 3.42. The lowest BCUT2D eigenvalue weighted by Gasteiger charge is -2.17. The van der Waals surface area contributed by atoms with Gasteiger partial charge in [0.25, 0.3) is 5.56 Å². The van der Waals surface area contributed by atoms with Gasteiger partial charge < -0.3 is 19.0 Å². The summed E-state index contributed by atoms with van der Waals surface area (Å²) in [6.45, 7) is 4.39. The van der Waals surface area contributed by atoms with E-state index in [0.29, 0.717) is 12.2 Å². The van der Waals surface area contributed by atoms with E-state index in [1.54, 1.807) is 31.8 Å². The van der Waals surface area contributed by atoms with Gasteiger partial charge in [0, 0.05) is 31.5 Å². The zero-order valence-electron chi connectivity index (χ0n) is 15.0. The zero-order valence-corrected chi connectivity index (χ0v) is 15.0. The fraction of sp³-hybridized carbons (Fsp3) is 0.368. The topological polar surface area (TPSA) is 69.3 Å². The molecule has 1 unspecified atom stereocenters. The molecule has 0 aliphatic heterocycles. The molecule has 2 heterocycles. The Morgan fingerprint density at radius 1 is 1.32 bits per heavy atom. The summed E-state index contributed by atoms with van der Waals surface area (Å²) in [4.78, 5) is 16.8. The van der Waals surface area contributed by atoms with Crippen molar-refractivity contribution in [1.29, 1.82) is 0 Å². The van der Waals surface area contributed by atoms with E-state index in [4.69, 9.17) is 9.72 Å². The molecule has 1 atom stereocenters. The third-order valence-corrected chi connectivity index (χ3v) is 4.41. The van der Waals surface area contributed by atoms with Crippen LogP contribution in [0.1, 0.15) is 24.1 Å². The Balaban J connectivity index is 2.30. The van der Waals surface area contributed by atoms with Crippen LogP contribution in [0.4, 0.5) is 0 Å². The summed E-state index contributed by atoms with van der Waals surface area (Å²) in [6.07, 6.45) is 1.81. The quantitative estimate of drug-likeness (QED) is 0.774. The molecule has 2 aromatic heterocycles. The molecule has 0 fully saturated rings. The van der Waals surface area contributed by atoms with Gasteiger partial charge in [0.1, 0.15) is 5.82 Å². The smallest absolute Gasteiger partial charge is 0.253 e. The van der Waals surface area contributed by atoms with Gasteiger partial charge in [0.15, 0.2) is 0 Å². The van der Waals surface area contributed by atoms with Crippen molar-refractivity contribution >= 4 is 11.0 Å². The van der Waals surface area contributed by atoms with Crippen LogP contribution in [0.5, 0.6) is 0 Å². The summed E-state index contributed by atoms with van der Waals surface area (Å²) in [6, 6.07) is 7.65. The van der Waals surface area contributed by atoms with Gasteiger partial charge in [-0.2, -0.15) is 0 Å². The largest absolute Gasteiger partial charge is 0.392 e. The maximum Gasteiger partial charge on any atom is 0.253 e. The molecule has 0 amide bonds. The van der Waals surface area contributed by atoms with E-state index < -0.39 is 0 Å². The minimum atomic E-state index is -0.0198. The van der Waals surface area contributed by atoms with E-state index in [0.717, 1.165) is 28.0 Å². The molecular weight excluding hydrogens is 318 g/mol. The van der Waals surface area contributed by atoms with Gasteiger partial charge in [-0.1, -0.05) is 6.07 Å². The Bertz CT molecular complexity index is 946. The van der Waals surface area contributed by atoms with Crippen molar-refractivity contribution in [2.45, 2.75) is 26.5 Å². The highest BCUT2D eigenvalue weighted by Crippen LogP contribution is 2.29. The molecule has 132 valence electrons. The van der Waals surface area contributed by atoms with Crippen LogP contribution in [0, 0.1) is 6.92 Å². The summed E-state index contributed by atoms with van der Waals surface area (Å²) in [5.74, 6) is 0.785. The number of rotatable bonds is 5. The maximum atomic E-state index is 12.0. The molecule has 0 spiro atoms. The van der Waals surface area contributed by atoms with Crippen LogP contribution in [0.15, 0.2) is 35.3 Å². The Morgan fingerprint density at radius 2 is 2.08 bits per heavy atom. The molecular formula is C19H23N3O3. The van der Waals surface area contributed by atoms with E-state index in [2.05, 4.69) is 11.5 Å². The van der Waals surface area contributed by atoms with Crippen LogP contribution >= 0.6 is 0 Å². The van der Waals surface area contributed by atoms with Crippen molar-refractivity contribution in [3.05, 3.63) is 51.9 Å². The lowest BCUT2D eigenvalue weighted by Crippen LogP contribution is -2.19. The third kappa shape index (κ3) is 3.10. The van der Waals surface area contributed by atoms with Crippen molar-refractivity contribution < 1.29 is 9.84 Å². The molecule has 6 nitrogen and oxygen atoms in total. The van der Waals surface area contributed by atoms with Gasteiger partial charge in [-0.25, -0.2) is 4.98 Å². The summed E-state index contributed by atoms with van der Waals surface area (Å²) < 4.78 is 9.02. The fourth-order valence-corrected chi connectivity index (χ4v) is 3.20. The number of aryl methyl sites for hydroxylation is 2. The number of benzene rings is 1. The van der Waals surface area contributed by atoms with Gasteiger partial charge >= 0.3 is 0 Å². The molecule has 0 bridgehead atoms. The Labute approximate surface area is 146 Å². The molecule has 25 heavy (non-hydrogen) atoms. The number of aliphatic hydroxyl groups excluding tert-OH is 1. The number of imidazole rings is 1. The average Bonchev–Trinajstić information content (AvgIpc) is 2.97. The van der Waals surface area contributed by atoms with Gasteiger partial charge in [-0.3, -0.25) is 4.79 Å². The predicted octanol–water partition coefficient (Wildman–Crippen LogP) is 2.41. The summed E-state index contributed by atoms with van der Waals surface area (Å²) in [5, 5.41) is 9.46. The first-order chi connectivity index (χ1) is 12.0. The number of pyridine rings is 1. The van der Waals surface area contributed by atoms with E-state index >= 15 is 0 Å². The highest BCUT2D eigenvalue weighted by Gasteiger charge is 2.18. The fourth-order valence-electron chi connectivity index (χ4n) is 3.20. The van der Waals surface area contributed by atoms with E-state index in [9.17, 15) is 9.90 Å². The minimum Gasteiger partial charge on any atom is -0.392 e. The third-order valence-electron chi connectivity index (χ3n) is 4.41. The molecule has 0 aliphatic rings. The number of ether oxygens (including phenoxy) is 1. The molecule has 1 aromatic carbocycles. The van der Waals surface area contributed by atoms with Gasteiger partial charge in [0.05, 0.1) is 30.3 Å². The second-order valence-electron chi connectivity index (χ2n) is 6.42. The van der Waals surface area contributed by atoms with Gasteiger partial charge in [-0.05, 0) is 37.6 Å². The molecule has 3 aromatic rings. The molecule has 0 saturated heterocycles. The summed E-state index contributed by atoms with van der Waals surface area (Å²) >= 11 is 0. The number of nitrogens with zero attached hydrogens (tertiary/aromatic N) is 3.